The second-order valence-corrected chi connectivity index (χ2v) is 6.41. The van der Waals surface area contributed by atoms with Crippen molar-refractivity contribution in [1.29, 1.82) is 0 Å². The first kappa shape index (κ1) is 12.3. The molecule has 1 aromatic rings. The number of nitrogens with zero attached hydrogens (tertiary/aromatic N) is 1. The molecule has 16 heavy (non-hydrogen) atoms. The zero-order valence-electron chi connectivity index (χ0n) is 8.40. The molecule has 0 fully saturated rings. The molecule has 0 spiro atoms. The maximum Gasteiger partial charge on any atom is 0.244 e. The molecule has 0 bridgehead atoms. The predicted octanol–water partition coefficient (Wildman–Crippen LogP) is 3.61. The molecule has 6 heteroatoms. The zero-order valence-corrected chi connectivity index (χ0v) is 12.2. The molecular formula is C10H8INO2S2. The van der Waals surface area contributed by atoms with E-state index >= 15 is 0 Å². The van der Waals surface area contributed by atoms with Crippen LogP contribution >= 0.6 is 46.1 Å². The Hall–Kier alpha value is -0.210. The first-order valence-corrected chi connectivity index (χ1v) is 7.48. The fraction of sp³-hybridized carbons (Fsp3) is 0.200. The summed E-state index contributed by atoms with van der Waals surface area (Å²) >= 11 is 4.85. The first-order valence-electron chi connectivity index (χ1n) is 4.59. The molecule has 0 saturated heterocycles. The van der Waals surface area contributed by atoms with Gasteiger partial charge in [-0.05, 0) is 52.2 Å². The van der Waals surface area contributed by atoms with Gasteiger partial charge in [0.05, 0.1) is 0 Å². The third-order valence-corrected chi connectivity index (χ3v) is 4.21. The Bertz CT molecular complexity index is 479. The second kappa shape index (κ2) is 5.42. The number of aliphatic imine (C=N–C) groups is 1. The molecule has 0 amide bonds. The highest BCUT2D eigenvalue weighted by molar-refractivity contribution is 14.1. The van der Waals surface area contributed by atoms with Crippen molar-refractivity contribution in [2.75, 3.05) is 5.75 Å². The lowest BCUT2D eigenvalue weighted by molar-refractivity contribution is -0.107. The van der Waals surface area contributed by atoms with Gasteiger partial charge in [-0.2, -0.15) is 0 Å². The Morgan fingerprint density at radius 3 is 3.06 bits per heavy atom. The average molecular weight is 365 g/mol. The molecule has 3 nitrogen and oxygen atoms in total. The third kappa shape index (κ3) is 2.92. The van der Waals surface area contributed by atoms with Crippen LogP contribution in [0.2, 0.25) is 0 Å². The van der Waals surface area contributed by atoms with E-state index in [0.29, 0.717) is 11.5 Å². The Balaban J connectivity index is 2.21. The molecule has 1 aliphatic rings. The molecule has 0 aromatic carbocycles. The summed E-state index contributed by atoms with van der Waals surface area (Å²) in [5, 5.41) is -0.0117. The standard InChI is InChI=1S/C10H8INO2S2/c1-2-15-10-12-7(9(13)16-10)5-6-3-4-8(11)14-6/h3-5H,2H2,1H3. The van der Waals surface area contributed by atoms with Crippen LogP contribution in [0.15, 0.2) is 27.2 Å². The van der Waals surface area contributed by atoms with Crippen LogP contribution in [0.25, 0.3) is 6.08 Å². The van der Waals surface area contributed by atoms with Crippen molar-refractivity contribution in [2.45, 2.75) is 6.92 Å². The predicted molar refractivity (Wildman–Crippen MR) is 77.6 cm³/mol. The number of carbonyl (C=O) groups excluding carboxylic acids is 1. The van der Waals surface area contributed by atoms with E-state index in [1.807, 2.05) is 19.1 Å². The van der Waals surface area contributed by atoms with Crippen LogP contribution in [0.1, 0.15) is 12.7 Å². The second-order valence-electron chi connectivity index (χ2n) is 2.87. The van der Waals surface area contributed by atoms with E-state index in [-0.39, 0.29) is 5.12 Å². The highest BCUT2D eigenvalue weighted by Crippen LogP contribution is 2.30. The fourth-order valence-corrected chi connectivity index (χ4v) is 3.29. The van der Waals surface area contributed by atoms with Gasteiger partial charge in [-0.25, -0.2) is 4.99 Å². The molecule has 1 aromatic heterocycles. The Morgan fingerprint density at radius 1 is 1.62 bits per heavy atom. The van der Waals surface area contributed by atoms with Crippen molar-refractivity contribution in [3.63, 3.8) is 0 Å². The van der Waals surface area contributed by atoms with Crippen molar-refractivity contribution in [1.82, 2.24) is 0 Å². The summed E-state index contributed by atoms with van der Waals surface area (Å²) < 4.78 is 6.98. The van der Waals surface area contributed by atoms with E-state index in [9.17, 15) is 4.79 Å². The smallest absolute Gasteiger partial charge is 0.244 e. The minimum Gasteiger partial charge on any atom is -0.451 e. The summed E-state index contributed by atoms with van der Waals surface area (Å²) in [5.74, 6) is 1.59. The Kier molecular flexibility index (Phi) is 4.15. The van der Waals surface area contributed by atoms with Gasteiger partial charge in [0.1, 0.15) is 15.8 Å². The fourth-order valence-electron chi connectivity index (χ4n) is 1.12. The van der Waals surface area contributed by atoms with Gasteiger partial charge in [0.2, 0.25) is 5.12 Å². The maximum atomic E-state index is 11.6. The molecule has 0 aliphatic carbocycles. The van der Waals surface area contributed by atoms with Crippen molar-refractivity contribution in [3.05, 3.63) is 27.4 Å². The lowest BCUT2D eigenvalue weighted by Crippen LogP contribution is -1.87. The van der Waals surface area contributed by atoms with E-state index in [4.69, 9.17) is 4.42 Å². The number of furan rings is 1. The number of hydrogen-bond acceptors (Lipinski definition) is 5. The molecule has 2 rings (SSSR count). The van der Waals surface area contributed by atoms with E-state index in [1.54, 1.807) is 17.8 Å². The van der Waals surface area contributed by atoms with Gasteiger partial charge in [-0.3, -0.25) is 4.79 Å². The van der Waals surface area contributed by atoms with Gasteiger partial charge < -0.3 is 4.42 Å². The Labute approximate surface area is 115 Å². The van der Waals surface area contributed by atoms with Gasteiger partial charge >= 0.3 is 0 Å². The van der Waals surface area contributed by atoms with E-state index in [0.717, 1.165) is 13.9 Å². The minimum atomic E-state index is -0.0117. The average Bonchev–Trinajstić information content (AvgIpc) is 2.76. The van der Waals surface area contributed by atoms with Crippen LogP contribution in [-0.4, -0.2) is 15.2 Å². The van der Waals surface area contributed by atoms with E-state index in [1.165, 1.54) is 11.8 Å². The SMILES string of the molecule is CCSC1=NC(=Cc2ccc(I)o2)C(=O)S1. The minimum absolute atomic E-state index is 0.0117. The topological polar surface area (TPSA) is 42.6 Å². The van der Waals surface area contributed by atoms with Crippen LogP contribution in [0, 0.1) is 3.77 Å². The van der Waals surface area contributed by atoms with Crippen LogP contribution in [0.5, 0.6) is 0 Å². The van der Waals surface area contributed by atoms with Crippen molar-refractivity contribution < 1.29 is 9.21 Å². The molecule has 0 atom stereocenters. The van der Waals surface area contributed by atoms with Crippen LogP contribution < -0.4 is 0 Å². The number of halogens is 1. The van der Waals surface area contributed by atoms with Gasteiger partial charge in [0.25, 0.3) is 0 Å². The van der Waals surface area contributed by atoms with E-state index in [2.05, 4.69) is 27.6 Å². The van der Waals surface area contributed by atoms with Gasteiger partial charge in [-0.1, -0.05) is 18.7 Å². The lowest BCUT2D eigenvalue weighted by atomic mass is 10.3. The lowest BCUT2D eigenvalue weighted by Gasteiger charge is -1.89. The molecule has 84 valence electrons. The third-order valence-electron chi connectivity index (χ3n) is 1.74. The van der Waals surface area contributed by atoms with Crippen molar-refractivity contribution in [3.8, 4) is 0 Å². The van der Waals surface area contributed by atoms with Gasteiger partial charge in [0, 0.05) is 6.08 Å². The van der Waals surface area contributed by atoms with E-state index < -0.39 is 0 Å². The molecule has 2 heterocycles. The summed E-state index contributed by atoms with van der Waals surface area (Å²) in [6.45, 7) is 2.04. The number of hydrogen-bond donors (Lipinski definition) is 0. The molecule has 0 saturated carbocycles. The highest BCUT2D eigenvalue weighted by atomic mass is 127. The summed E-state index contributed by atoms with van der Waals surface area (Å²) in [6.07, 6.45) is 1.68. The number of thioether (sulfide) groups is 2. The molecule has 1 aliphatic heterocycles. The number of carbonyl (C=O) groups is 1. The van der Waals surface area contributed by atoms with Crippen molar-refractivity contribution >= 4 is 61.7 Å². The first-order chi connectivity index (χ1) is 7.69. The van der Waals surface area contributed by atoms with Crippen LogP contribution in [-0.2, 0) is 4.79 Å². The molecule has 0 radical (unpaired) electrons. The zero-order chi connectivity index (χ0) is 11.5. The highest BCUT2D eigenvalue weighted by Gasteiger charge is 2.22. The van der Waals surface area contributed by atoms with Crippen LogP contribution in [0.4, 0.5) is 0 Å². The monoisotopic (exact) mass is 365 g/mol. The Morgan fingerprint density at radius 2 is 2.44 bits per heavy atom. The quantitative estimate of drug-likeness (QED) is 0.593. The maximum absolute atomic E-state index is 11.6. The normalized spacial score (nSPS) is 18.2. The molecular weight excluding hydrogens is 357 g/mol. The number of rotatable bonds is 2. The van der Waals surface area contributed by atoms with Crippen LogP contribution in [0.3, 0.4) is 0 Å². The molecule has 0 N–H and O–H groups in total. The largest absolute Gasteiger partial charge is 0.451 e. The van der Waals surface area contributed by atoms with Gasteiger partial charge in [-0.15, -0.1) is 0 Å². The summed E-state index contributed by atoms with van der Waals surface area (Å²) in [7, 11) is 0. The van der Waals surface area contributed by atoms with Gasteiger partial charge in [0.15, 0.2) is 3.77 Å². The van der Waals surface area contributed by atoms with Crippen molar-refractivity contribution in [2.24, 2.45) is 4.99 Å². The summed E-state index contributed by atoms with van der Waals surface area (Å²) in [4.78, 5) is 15.8. The summed E-state index contributed by atoms with van der Waals surface area (Å²) in [5.41, 5.74) is 0.465. The molecule has 0 unspecified atom stereocenters. The summed E-state index contributed by atoms with van der Waals surface area (Å²) in [6, 6.07) is 3.68.